The van der Waals surface area contributed by atoms with Crippen LogP contribution in [-0.4, -0.2) is 39.7 Å². The van der Waals surface area contributed by atoms with Gasteiger partial charge in [0.05, 0.1) is 12.8 Å². The fraction of sp³-hybridized carbons (Fsp3) is 0.0294. The third kappa shape index (κ3) is 6.23. The molecule has 2 amide bonds. The highest BCUT2D eigenvalue weighted by Crippen LogP contribution is 2.30. The molecule has 0 saturated carbocycles. The van der Waals surface area contributed by atoms with E-state index in [1.54, 1.807) is 79.9 Å². The van der Waals surface area contributed by atoms with E-state index in [2.05, 4.69) is 10.4 Å². The molecular formula is C34H23ClN4O5S. The third-order valence-corrected chi connectivity index (χ3v) is 7.42. The Morgan fingerprint density at radius 3 is 2.18 bits per heavy atom. The van der Waals surface area contributed by atoms with Crippen molar-refractivity contribution in [3.8, 4) is 28.5 Å². The molecule has 4 aromatic carbocycles. The molecule has 0 radical (unpaired) electrons. The van der Waals surface area contributed by atoms with Crippen LogP contribution in [0.1, 0.15) is 15.9 Å². The molecule has 1 aliphatic heterocycles. The number of halogens is 1. The molecule has 5 aromatic rings. The Kier molecular flexibility index (Phi) is 8.24. The second-order valence-corrected chi connectivity index (χ2v) is 10.6. The van der Waals surface area contributed by atoms with E-state index in [0.29, 0.717) is 50.3 Å². The summed E-state index contributed by atoms with van der Waals surface area (Å²) in [5, 5.41) is 7.55. The fourth-order valence-electron chi connectivity index (χ4n) is 4.63. The van der Waals surface area contributed by atoms with Gasteiger partial charge in [0.15, 0.2) is 5.11 Å². The summed E-state index contributed by atoms with van der Waals surface area (Å²) in [6.45, 7) is 0. The minimum Gasteiger partial charge on any atom is -0.497 e. The highest BCUT2D eigenvalue weighted by molar-refractivity contribution is 7.80. The van der Waals surface area contributed by atoms with E-state index in [4.69, 9.17) is 33.3 Å². The molecule has 9 nitrogen and oxygen atoms in total. The van der Waals surface area contributed by atoms with Crippen LogP contribution in [0.4, 0.5) is 5.69 Å². The van der Waals surface area contributed by atoms with Crippen LogP contribution in [0, 0.1) is 0 Å². The maximum atomic E-state index is 13.8. The summed E-state index contributed by atoms with van der Waals surface area (Å²) in [5.41, 5.74) is 1.96. The Morgan fingerprint density at radius 2 is 1.51 bits per heavy atom. The maximum Gasteiger partial charge on any atom is 0.278 e. The van der Waals surface area contributed by atoms with Gasteiger partial charge in [-0.25, -0.2) is 4.68 Å². The van der Waals surface area contributed by atoms with Crippen LogP contribution in [0.25, 0.3) is 17.3 Å². The highest BCUT2D eigenvalue weighted by Gasteiger charge is 2.35. The van der Waals surface area contributed by atoms with E-state index in [9.17, 15) is 14.4 Å². The topological polar surface area (TPSA) is 103 Å². The van der Waals surface area contributed by atoms with Crippen LogP contribution >= 0.6 is 23.8 Å². The van der Waals surface area contributed by atoms with E-state index in [1.807, 2.05) is 30.3 Å². The molecule has 1 fully saturated rings. The van der Waals surface area contributed by atoms with Gasteiger partial charge in [-0.1, -0.05) is 29.8 Å². The van der Waals surface area contributed by atoms with Crippen molar-refractivity contribution in [2.75, 3.05) is 12.0 Å². The van der Waals surface area contributed by atoms with Gasteiger partial charge in [0, 0.05) is 27.9 Å². The number of carbonyl (C=O) groups is 3. The molecule has 1 saturated heterocycles. The van der Waals surface area contributed by atoms with Crippen molar-refractivity contribution in [1.29, 1.82) is 0 Å². The number of ether oxygens (including phenoxy) is 2. The van der Waals surface area contributed by atoms with Crippen LogP contribution in [0.15, 0.2) is 115 Å². The van der Waals surface area contributed by atoms with Crippen molar-refractivity contribution in [1.82, 2.24) is 15.1 Å². The van der Waals surface area contributed by atoms with Crippen molar-refractivity contribution in [3.63, 3.8) is 0 Å². The number of hydrogen-bond donors (Lipinski definition) is 1. The van der Waals surface area contributed by atoms with Crippen molar-refractivity contribution in [3.05, 3.63) is 131 Å². The smallest absolute Gasteiger partial charge is 0.278 e. The molecule has 1 aliphatic rings. The molecule has 1 N–H and O–H groups in total. The van der Waals surface area contributed by atoms with Crippen molar-refractivity contribution in [2.24, 2.45) is 0 Å². The van der Waals surface area contributed by atoms with Gasteiger partial charge in [-0.05, 0) is 103 Å². The molecule has 45 heavy (non-hydrogen) atoms. The van der Waals surface area contributed by atoms with E-state index in [-0.39, 0.29) is 10.7 Å². The zero-order chi connectivity index (χ0) is 31.5. The maximum absolute atomic E-state index is 13.8. The monoisotopic (exact) mass is 634 g/mol. The predicted molar refractivity (Wildman–Crippen MR) is 175 cm³/mol. The summed E-state index contributed by atoms with van der Waals surface area (Å²) in [4.78, 5) is 41.5. The molecule has 0 spiro atoms. The second-order valence-electron chi connectivity index (χ2n) is 9.79. The molecule has 6 rings (SSSR count). The van der Waals surface area contributed by atoms with E-state index < -0.39 is 17.7 Å². The Morgan fingerprint density at radius 1 is 0.867 bits per heavy atom. The molecule has 0 bridgehead atoms. The molecular weight excluding hydrogens is 612 g/mol. The number of amides is 2. The van der Waals surface area contributed by atoms with E-state index in [1.165, 1.54) is 17.2 Å². The number of benzene rings is 4. The number of carbonyl (C=O) groups excluding carboxylic acids is 3. The molecule has 222 valence electrons. The van der Waals surface area contributed by atoms with Crippen LogP contribution in [0.2, 0.25) is 5.02 Å². The standard InChI is InChI=1S/C34H23ClN4O5S/c1-43-26-15-9-21(10-16-26)30-23(20-38(37-30)32(41)22-7-11-24(35)12-8-22)19-29-31(40)36-34(45)39(33(29)42)25-13-17-28(18-14-25)44-27-5-3-2-4-6-27/h2-20H,1H3,(H,36,40,45). The van der Waals surface area contributed by atoms with Gasteiger partial charge in [-0.2, -0.15) is 5.10 Å². The zero-order valence-corrected chi connectivity index (χ0v) is 25.2. The number of thiocarbonyl (C=S) groups is 1. The average Bonchev–Trinajstić information content (AvgIpc) is 3.48. The highest BCUT2D eigenvalue weighted by atomic mass is 35.5. The van der Waals surface area contributed by atoms with Crippen molar-refractivity contribution in [2.45, 2.75) is 0 Å². The Balaban J connectivity index is 1.36. The molecule has 2 heterocycles. The lowest BCUT2D eigenvalue weighted by Gasteiger charge is -2.29. The number of methoxy groups -OCH3 is 1. The molecule has 0 atom stereocenters. The van der Waals surface area contributed by atoms with Crippen LogP contribution < -0.4 is 19.7 Å². The second kappa shape index (κ2) is 12.6. The molecule has 1 aromatic heterocycles. The SMILES string of the molecule is COc1ccc(-c2nn(C(=O)c3ccc(Cl)cc3)cc2C=C2C(=O)NC(=S)N(c3ccc(Oc4ccccc4)cc3)C2=O)cc1. The molecule has 0 unspecified atom stereocenters. The van der Waals surface area contributed by atoms with Crippen LogP contribution in [-0.2, 0) is 9.59 Å². The lowest BCUT2D eigenvalue weighted by atomic mass is 10.0. The summed E-state index contributed by atoms with van der Waals surface area (Å²) >= 11 is 11.4. The first-order valence-electron chi connectivity index (χ1n) is 13.6. The number of nitrogens with one attached hydrogen (secondary N) is 1. The normalized spacial score (nSPS) is 14.0. The predicted octanol–water partition coefficient (Wildman–Crippen LogP) is 6.52. The third-order valence-electron chi connectivity index (χ3n) is 6.88. The molecule has 0 aliphatic carbocycles. The number of nitrogens with zero attached hydrogens (tertiary/aromatic N) is 3. The van der Waals surface area contributed by atoms with Gasteiger partial charge in [-0.15, -0.1) is 0 Å². The number of anilines is 1. The summed E-state index contributed by atoms with van der Waals surface area (Å²) in [7, 11) is 1.55. The number of aromatic nitrogens is 2. The first-order chi connectivity index (χ1) is 21.8. The van der Waals surface area contributed by atoms with E-state index >= 15 is 0 Å². The van der Waals surface area contributed by atoms with Gasteiger partial charge in [0.1, 0.15) is 28.5 Å². The van der Waals surface area contributed by atoms with E-state index in [0.717, 1.165) is 4.68 Å². The Bertz CT molecular complexity index is 1960. The summed E-state index contributed by atoms with van der Waals surface area (Å²) in [5.74, 6) is 0.102. The number of para-hydroxylation sites is 1. The summed E-state index contributed by atoms with van der Waals surface area (Å²) in [6, 6.07) is 29.4. The largest absolute Gasteiger partial charge is 0.497 e. The van der Waals surface area contributed by atoms with Crippen LogP contribution in [0.3, 0.4) is 0 Å². The quantitative estimate of drug-likeness (QED) is 0.123. The van der Waals surface area contributed by atoms with Crippen LogP contribution in [0.5, 0.6) is 17.2 Å². The first kappa shape index (κ1) is 29.5. The Hall–Kier alpha value is -5.58. The minimum atomic E-state index is -0.678. The zero-order valence-electron chi connectivity index (χ0n) is 23.6. The van der Waals surface area contributed by atoms with Gasteiger partial charge in [0.2, 0.25) is 0 Å². The Labute approximate surface area is 268 Å². The first-order valence-corrected chi connectivity index (χ1v) is 14.4. The lowest BCUT2D eigenvalue weighted by Crippen LogP contribution is -2.54. The van der Waals surface area contributed by atoms with Gasteiger partial charge in [0.25, 0.3) is 17.7 Å². The van der Waals surface area contributed by atoms with Gasteiger partial charge >= 0.3 is 0 Å². The molecule has 11 heteroatoms. The number of rotatable bonds is 7. The van der Waals surface area contributed by atoms with Crippen molar-refractivity contribution >= 4 is 58.4 Å². The summed E-state index contributed by atoms with van der Waals surface area (Å²) < 4.78 is 12.3. The van der Waals surface area contributed by atoms with Gasteiger partial charge in [-0.3, -0.25) is 24.6 Å². The number of hydrogen-bond acceptors (Lipinski definition) is 7. The average molecular weight is 635 g/mol. The van der Waals surface area contributed by atoms with Crippen molar-refractivity contribution < 1.29 is 23.9 Å². The minimum absolute atomic E-state index is 0.0668. The lowest BCUT2D eigenvalue weighted by molar-refractivity contribution is -0.122. The van der Waals surface area contributed by atoms with Gasteiger partial charge < -0.3 is 9.47 Å². The summed E-state index contributed by atoms with van der Waals surface area (Å²) in [6.07, 6.45) is 2.87. The fourth-order valence-corrected chi connectivity index (χ4v) is 5.04.